The summed E-state index contributed by atoms with van der Waals surface area (Å²) >= 11 is 0. The van der Waals surface area contributed by atoms with E-state index in [0.29, 0.717) is 38.5 Å². The highest BCUT2D eigenvalue weighted by atomic mass is 16.3. The average Bonchev–Trinajstić information content (AvgIpc) is 2.96. The fourth-order valence-electron chi connectivity index (χ4n) is 5.08. The minimum Gasteiger partial charge on any atom is -0.396 e. The predicted octanol–water partition coefficient (Wildman–Crippen LogP) is 2.45. The number of aliphatic hydroxyl groups excluding tert-OH is 1. The summed E-state index contributed by atoms with van der Waals surface area (Å²) in [7, 11) is 1.88. The molecule has 5 aliphatic rings. The molecule has 39 heavy (non-hydrogen) atoms. The van der Waals surface area contributed by atoms with Crippen LogP contribution in [0, 0.1) is 0 Å². The van der Waals surface area contributed by atoms with Crippen molar-refractivity contribution in [3.63, 3.8) is 0 Å². The Labute approximate surface area is 230 Å². The SMILES string of the molecule is CN1CCCN(CCCO)c2ncc(cn2)-c2ccnc(c2)Nc2cccc(c2)CN2CCN(CC2)CC1=O. The van der Waals surface area contributed by atoms with Gasteiger partial charge in [0.2, 0.25) is 11.9 Å². The van der Waals surface area contributed by atoms with Gasteiger partial charge in [0.05, 0.1) is 6.54 Å². The Kier molecular flexibility index (Phi) is 8.97. The summed E-state index contributed by atoms with van der Waals surface area (Å²) in [6.45, 7) is 7.11. The van der Waals surface area contributed by atoms with Crippen LogP contribution in [0.2, 0.25) is 0 Å². The lowest BCUT2D eigenvalue weighted by Crippen LogP contribution is -2.49. The molecule has 0 radical (unpaired) electrons. The van der Waals surface area contributed by atoms with E-state index in [0.717, 1.165) is 61.8 Å². The van der Waals surface area contributed by atoms with Gasteiger partial charge in [0.1, 0.15) is 5.82 Å². The number of benzene rings is 1. The first-order chi connectivity index (χ1) is 19.1. The topological polar surface area (TPSA) is 101 Å². The molecule has 8 bridgehead atoms. The van der Waals surface area contributed by atoms with Gasteiger partial charge in [-0.1, -0.05) is 12.1 Å². The van der Waals surface area contributed by atoms with Gasteiger partial charge in [-0.05, 0) is 48.2 Å². The van der Waals surface area contributed by atoms with Crippen molar-refractivity contribution in [2.24, 2.45) is 0 Å². The molecule has 2 N–H and O–H groups in total. The molecule has 0 saturated carbocycles. The van der Waals surface area contributed by atoms with Crippen LogP contribution in [-0.4, -0.2) is 107 Å². The molecule has 10 heteroatoms. The van der Waals surface area contributed by atoms with Crippen LogP contribution in [0.5, 0.6) is 0 Å². The van der Waals surface area contributed by atoms with Crippen LogP contribution in [0.1, 0.15) is 18.4 Å². The highest BCUT2D eigenvalue weighted by Gasteiger charge is 2.21. The Balaban J connectivity index is 1.40. The van der Waals surface area contributed by atoms with E-state index in [9.17, 15) is 9.90 Å². The van der Waals surface area contributed by atoms with Crippen LogP contribution in [0.3, 0.4) is 0 Å². The van der Waals surface area contributed by atoms with Gasteiger partial charge in [-0.2, -0.15) is 0 Å². The molecule has 7 heterocycles. The number of rotatable bonds is 3. The maximum Gasteiger partial charge on any atom is 0.236 e. The van der Waals surface area contributed by atoms with E-state index in [4.69, 9.17) is 0 Å². The third-order valence-corrected chi connectivity index (χ3v) is 7.38. The number of pyridine rings is 1. The molecule has 0 aliphatic carbocycles. The molecule has 0 atom stereocenters. The lowest BCUT2D eigenvalue weighted by molar-refractivity contribution is -0.131. The van der Waals surface area contributed by atoms with Gasteiger partial charge >= 0.3 is 0 Å². The second-order valence-corrected chi connectivity index (χ2v) is 10.3. The highest BCUT2D eigenvalue weighted by molar-refractivity contribution is 5.78. The zero-order valence-corrected chi connectivity index (χ0v) is 22.7. The van der Waals surface area contributed by atoms with Crippen LogP contribution >= 0.6 is 0 Å². The van der Waals surface area contributed by atoms with Gasteiger partial charge in [0, 0.05) is 95.9 Å². The van der Waals surface area contributed by atoms with Crippen molar-refractivity contribution in [2.45, 2.75) is 19.4 Å². The molecule has 5 aliphatic heterocycles. The number of carbonyl (C=O) groups excluding carboxylic acids is 1. The number of aromatic nitrogens is 3. The first-order valence-electron chi connectivity index (χ1n) is 13.8. The summed E-state index contributed by atoms with van der Waals surface area (Å²) in [5.41, 5.74) is 4.12. The summed E-state index contributed by atoms with van der Waals surface area (Å²) in [4.78, 5) is 35.4. The quantitative estimate of drug-likeness (QED) is 0.529. The molecule has 8 rings (SSSR count). The van der Waals surface area contributed by atoms with Gasteiger partial charge in [-0.3, -0.25) is 14.6 Å². The van der Waals surface area contributed by atoms with E-state index < -0.39 is 0 Å². The van der Waals surface area contributed by atoms with Crippen LogP contribution in [-0.2, 0) is 11.3 Å². The van der Waals surface area contributed by atoms with E-state index in [1.807, 2.05) is 36.5 Å². The largest absolute Gasteiger partial charge is 0.396 e. The fraction of sp³-hybridized carbons (Fsp3) is 0.448. The molecule has 1 saturated heterocycles. The average molecular weight is 531 g/mol. The zero-order valence-electron chi connectivity index (χ0n) is 22.7. The third-order valence-electron chi connectivity index (χ3n) is 7.38. The number of hydrogen-bond donors (Lipinski definition) is 2. The molecule has 0 spiro atoms. The molecule has 1 aromatic carbocycles. The molecule has 1 fully saturated rings. The molecule has 1 amide bonds. The zero-order chi connectivity index (χ0) is 27.0. The van der Waals surface area contributed by atoms with Crippen LogP contribution < -0.4 is 10.2 Å². The summed E-state index contributed by atoms with van der Waals surface area (Å²) in [6.07, 6.45) is 6.88. The van der Waals surface area contributed by atoms with Crippen LogP contribution in [0.15, 0.2) is 55.0 Å². The number of piperazine rings is 1. The second-order valence-electron chi connectivity index (χ2n) is 10.3. The number of nitrogens with one attached hydrogen (secondary N) is 1. The summed E-state index contributed by atoms with van der Waals surface area (Å²) < 4.78 is 0. The first-order valence-corrected chi connectivity index (χ1v) is 13.8. The summed E-state index contributed by atoms with van der Waals surface area (Å²) in [6, 6.07) is 12.4. The summed E-state index contributed by atoms with van der Waals surface area (Å²) in [5.74, 6) is 1.54. The Morgan fingerprint density at radius 2 is 1.67 bits per heavy atom. The van der Waals surface area contributed by atoms with Crippen molar-refractivity contribution >= 4 is 23.4 Å². The Bertz CT molecular complexity index is 1230. The molecule has 10 nitrogen and oxygen atoms in total. The van der Waals surface area contributed by atoms with E-state index >= 15 is 0 Å². The predicted molar refractivity (Wildman–Crippen MR) is 153 cm³/mol. The van der Waals surface area contributed by atoms with E-state index in [1.165, 1.54) is 5.56 Å². The normalized spacial score (nSPS) is 20.6. The monoisotopic (exact) mass is 530 g/mol. The van der Waals surface area contributed by atoms with Crippen molar-refractivity contribution in [3.05, 3.63) is 60.6 Å². The maximum atomic E-state index is 12.9. The number of amides is 1. The summed E-state index contributed by atoms with van der Waals surface area (Å²) in [5, 5.41) is 12.9. The first kappa shape index (κ1) is 27.0. The number of aliphatic hydroxyl groups is 1. The van der Waals surface area contributed by atoms with Gasteiger partial charge in [0.25, 0.3) is 0 Å². The van der Waals surface area contributed by atoms with Crippen molar-refractivity contribution in [1.29, 1.82) is 0 Å². The van der Waals surface area contributed by atoms with Crippen molar-refractivity contribution in [2.75, 3.05) is 76.2 Å². The fourth-order valence-corrected chi connectivity index (χ4v) is 5.08. The Morgan fingerprint density at radius 3 is 2.44 bits per heavy atom. The minimum atomic E-state index is 0.107. The standard InChI is InChI=1S/C29H38N8O2/c1-34-9-3-10-37(11-4-16-38)29-31-19-25(20-32-29)24-7-8-30-27(18-24)33-26-6-2-5-23(17-26)21-35-12-14-36(15-13-35)22-28(34)39/h2,5-8,17-20,38H,3-4,9-16,21-22H2,1H3,(H,30,33). The number of carbonyl (C=O) groups is 1. The molecule has 2 aromatic heterocycles. The van der Waals surface area contributed by atoms with Crippen LogP contribution in [0.25, 0.3) is 11.1 Å². The molecule has 0 unspecified atom stereocenters. The Hall–Kier alpha value is -3.60. The van der Waals surface area contributed by atoms with Crippen LogP contribution in [0.4, 0.5) is 17.5 Å². The van der Waals surface area contributed by atoms with E-state index in [-0.39, 0.29) is 12.5 Å². The van der Waals surface area contributed by atoms with Gasteiger partial charge < -0.3 is 20.2 Å². The number of hydrogen-bond acceptors (Lipinski definition) is 9. The van der Waals surface area contributed by atoms with Crippen molar-refractivity contribution in [3.8, 4) is 11.1 Å². The molecular weight excluding hydrogens is 492 g/mol. The Morgan fingerprint density at radius 1 is 0.897 bits per heavy atom. The minimum absolute atomic E-state index is 0.107. The maximum absolute atomic E-state index is 12.9. The number of anilines is 3. The van der Waals surface area contributed by atoms with E-state index in [1.54, 1.807) is 6.20 Å². The lowest BCUT2D eigenvalue weighted by atomic mass is 10.1. The third kappa shape index (κ3) is 7.29. The molecule has 206 valence electrons. The van der Waals surface area contributed by atoms with Gasteiger partial charge in [0.15, 0.2) is 0 Å². The lowest BCUT2D eigenvalue weighted by Gasteiger charge is -2.35. The molecule has 3 aromatic rings. The van der Waals surface area contributed by atoms with Gasteiger partial charge in [-0.15, -0.1) is 0 Å². The highest BCUT2D eigenvalue weighted by Crippen LogP contribution is 2.24. The molecular formula is C29H38N8O2. The van der Waals surface area contributed by atoms with Crippen molar-refractivity contribution < 1.29 is 9.90 Å². The number of likely N-dealkylation sites (N-methyl/N-ethyl adjacent to an activating group) is 1. The smallest absolute Gasteiger partial charge is 0.236 e. The van der Waals surface area contributed by atoms with Gasteiger partial charge in [-0.25, -0.2) is 15.0 Å². The second kappa shape index (κ2) is 13.0. The van der Waals surface area contributed by atoms with E-state index in [2.05, 4.69) is 59.2 Å². The van der Waals surface area contributed by atoms with Crippen molar-refractivity contribution in [1.82, 2.24) is 29.7 Å². The number of nitrogens with zero attached hydrogens (tertiary/aromatic N) is 7.